The van der Waals surface area contributed by atoms with Gasteiger partial charge in [-0.1, -0.05) is 63.4 Å². The fourth-order valence-corrected chi connectivity index (χ4v) is 2.88. The minimum absolute atomic E-state index is 0.288. The van der Waals surface area contributed by atoms with Crippen LogP contribution in [0.2, 0.25) is 10.0 Å². The minimum atomic E-state index is -0.288. The molecule has 0 heterocycles. The van der Waals surface area contributed by atoms with E-state index in [9.17, 15) is 5.26 Å². The van der Waals surface area contributed by atoms with Crippen LogP contribution in [0.25, 0.3) is 0 Å². The van der Waals surface area contributed by atoms with Crippen LogP contribution in [0.3, 0.4) is 0 Å². The minimum Gasteiger partial charge on any atom is -0.198 e. The molecule has 1 unspecified atom stereocenters. The van der Waals surface area contributed by atoms with Crippen LogP contribution in [0.1, 0.15) is 17.0 Å². The van der Waals surface area contributed by atoms with Crippen LogP contribution in [0.4, 0.5) is 0 Å². The van der Waals surface area contributed by atoms with Crippen LogP contribution in [-0.2, 0) is 6.42 Å². The van der Waals surface area contributed by atoms with Gasteiger partial charge in [-0.2, -0.15) is 5.26 Å². The van der Waals surface area contributed by atoms with Crippen molar-refractivity contribution in [2.45, 2.75) is 12.3 Å². The molecule has 19 heavy (non-hydrogen) atoms. The summed E-state index contributed by atoms with van der Waals surface area (Å²) >= 11 is 15.5. The molecule has 0 aliphatic carbocycles. The SMILES string of the molecule is N#CC(Cc1ccccc1Br)c1ccc(Cl)cc1Cl. The maximum Gasteiger partial charge on any atom is 0.0767 e. The Morgan fingerprint density at radius 1 is 1.16 bits per heavy atom. The van der Waals surface area contributed by atoms with Gasteiger partial charge in [-0.15, -0.1) is 0 Å². The first kappa shape index (κ1) is 14.4. The van der Waals surface area contributed by atoms with Crippen molar-refractivity contribution in [3.8, 4) is 6.07 Å². The molecule has 96 valence electrons. The van der Waals surface area contributed by atoms with E-state index in [1.54, 1.807) is 12.1 Å². The predicted molar refractivity (Wildman–Crippen MR) is 82.7 cm³/mol. The van der Waals surface area contributed by atoms with Crippen molar-refractivity contribution >= 4 is 39.1 Å². The van der Waals surface area contributed by atoms with E-state index in [1.807, 2.05) is 30.3 Å². The third kappa shape index (κ3) is 3.51. The van der Waals surface area contributed by atoms with Gasteiger partial charge in [-0.3, -0.25) is 0 Å². The molecule has 0 bridgehead atoms. The molecule has 1 nitrogen and oxygen atoms in total. The zero-order valence-electron chi connectivity index (χ0n) is 9.91. The predicted octanol–water partition coefficient (Wildman–Crippen LogP) is 5.61. The molecule has 2 aromatic carbocycles. The topological polar surface area (TPSA) is 23.8 Å². The van der Waals surface area contributed by atoms with E-state index in [1.165, 1.54) is 0 Å². The molecule has 0 spiro atoms. The van der Waals surface area contributed by atoms with Crippen LogP contribution in [0.5, 0.6) is 0 Å². The third-order valence-corrected chi connectivity index (χ3v) is 4.21. The Kier molecular flexibility index (Phi) is 4.87. The first-order valence-electron chi connectivity index (χ1n) is 5.70. The Hall–Kier alpha value is -1.01. The van der Waals surface area contributed by atoms with Crippen LogP contribution >= 0.6 is 39.1 Å². The van der Waals surface area contributed by atoms with Crippen molar-refractivity contribution in [3.63, 3.8) is 0 Å². The smallest absolute Gasteiger partial charge is 0.0767 e. The highest BCUT2D eigenvalue weighted by atomic mass is 79.9. The van der Waals surface area contributed by atoms with E-state index in [0.29, 0.717) is 16.5 Å². The van der Waals surface area contributed by atoms with Crippen molar-refractivity contribution in [3.05, 3.63) is 68.1 Å². The summed E-state index contributed by atoms with van der Waals surface area (Å²) in [5, 5.41) is 10.5. The molecule has 0 N–H and O–H groups in total. The van der Waals surface area contributed by atoms with E-state index in [-0.39, 0.29) is 5.92 Å². The van der Waals surface area contributed by atoms with Crippen molar-refractivity contribution in [2.24, 2.45) is 0 Å². The molecule has 0 aliphatic rings. The van der Waals surface area contributed by atoms with Gasteiger partial charge >= 0.3 is 0 Å². The zero-order chi connectivity index (χ0) is 13.8. The second-order valence-corrected chi connectivity index (χ2v) is 5.84. The maximum atomic E-state index is 9.37. The Labute approximate surface area is 130 Å². The third-order valence-electron chi connectivity index (χ3n) is 2.88. The second-order valence-electron chi connectivity index (χ2n) is 4.14. The van der Waals surface area contributed by atoms with Gasteiger partial charge in [0.05, 0.1) is 12.0 Å². The van der Waals surface area contributed by atoms with Crippen LogP contribution in [0.15, 0.2) is 46.9 Å². The summed E-state index contributed by atoms with van der Waals surface area (Å²) in [5.41, 5.74) is 1.89. The number of rotatable bonds is 3. The first-order valence-corrected chi connectivity index (χ1v) is 7.24. The Morgan fingerprint density at radius 2 is 1.89 bits per heavy atom. The molecule has 0 saturated carbocycles. The summed E-state index contributed by atoms with van der Waals surface area (Å²) < 4.78 is 1.00. The average molecular weight is 355 g/mol. The summed E-state index contributed by atoms with van der Waals surface area (Å²) in [5.74, 6) is -0.288. The standard InChI is InChI=1S/C15H10BrCl2N/c16-14-4-2-1-3-10(14)7-11(9-19)13-6-5-12(17)8-15(13)18/h1-6,8,11H,7H2. The molecule has 0 fully saturated rings. The van der Waals surface area contributed by atoms with E-state index in [0.717, 1.165) is 15.6 Å². The molecule has 0 saturated heterocycles. The zero-order valence-corrected chi connectivity index (χ0v) is 13.0. The first-order chi connectivity index (χ1) is 9.11. The van der Waals surface area contributed by atoms with Crippen LogP contribution < -0.4 is 0 Å². The van der Waals surface area contributed by atoms with Crippen molar-refractivity contribution < 1.29 is 0 Å². The number of hydrogen-bond acceptors (Lipinski definition) is 1. The lowest BCUT2D eigenvalue weighted by atomic mass is 9.93. The number of nitriles is 1. The molecule has 1 atom stereocenters. The molecular formula is C15H10BrCl2N. The van der Waals surface area contributed by atoms with Crippen LogP contribution in [-0.4, -0.2) is 0 Å². The van der Waals surface area contributed by atoms with Gasteiger partial charge in [0.2, 0.25) is 0 Å². The highest BCUT2D eigenvalue weighted by molar-refractivity contribution is 9.10. The number of halogens is 3. The van der Waals surface area contributed by atoms with Crippen molar-refractivity contribution in [2.75, 3.05) is 0 Å². The van der Waals surface area contributed by atoms with Crippen molar-refractivity contribution in [1.29, 1.82) is 5.26 Å². The lowest BCUT2D eigenvalue weighted by Crippen LogP contribution is -2.02. The lowest BCUT2D eigenvalue weighted by molar-refractivity contribution is 0.846. The van der Waals surface area contributed by atoms with Gasteiger partial charge in [0.25, 0.3) is 0 Å². The Morgan fingerprint density at radius 3 is 2.53 bits per heavy atom. The summed E-state index contributed by atoms with van der Waals surface area (Å²) in [7, 11) is 0. The summed E-state index contributed by atoms with van der Waals surface area (Å²) in [6, 6.07) is 15.4. The fraction of sp³-hybridized carbons (Fsp3) is 0.133. The quantitative estimate of drug-likeness (QED) is 0.703. The van der Waals surface area contributed by atoms with Gasteiger partial charge in [-0.05, 0) is 35.7 Å². The van der Waals surface area contributed by atoms with Crippen LogP contribution in [0, 0.1) is 11.3 Å². The highest BCUT2D eigenvalue weighted by Crippen LogP contribution is 2.31. The molecule has 2 rings (SSSR count). The van der Waals surface area contributed by atoms with E-state index in [2.05, 4.69) is 22.0 Å². The Bertz CT molecular complexity index is 634. The number of benzene rings is 2. The summed E-state index contributed by atoms with van der Waals surface area (Å²) in [6.45, 7) is 0. The average Bonchev–Trinajstić information content (AvgIpc) is 2.39. The molecule has 0 radical (unpaired) electrons. The number of nitrogens with zero attached hydrogens (tertiary/aromatic N) is 1. The molecular weight excluding hydrogens is 345 g/mol. The second kappa shape index (κ2) is 6.43. The molecule has 0 aliphatic heterocycles. The highest BCUT2D eigenvalue weighted by Gasteiger charge is 2.16. The molecule has 0 aromatic heterocycles. The molecule has 0 amide bonds. The number of hydrogen-bond donors (Lipinski definition) is 0. The monoisotopic (exact) mass is 353 g/mol. The van der Waals surface area contributed by atoms with Crippen molar-refractivity contribution in [1.82, 2.24) is 0 Å². The van der Waals surface area contributed by atoms with E-state index >= 15 is 0 Å². The van der Waals surface area contributed by atoms with E-state index in [4.69, 9.17) is 23.2 Å². The molecule has 4 heteroatoms. The summed E-state index contributed by atoms with van der Waals surface area (Å²) in [6.07, 6.45) is 0.610. The normalized spacial score (nSPS) is 11.9. The maximum absolute atomic E-state index is 9.37. The Balaban J connectivity index is 2.31. The van der Waals surface area contributed by atoms with E-state index < -0.39 is 0 Å². The van der Waals surface area contributed by atoms with Gasteiger partial charge in [0.1, 0.15) is 0 Å². The van der Waals surface area contributed by atoms with Gasteiger partial charge < -0.3 is 0 Å². The largest absolute Gasteiger partial charge is 0.198 e. The van der Waals surface area contributed by atoms with Gasteiger partial charge in [0, 0.05) is 14.5 Å². The fourth-order valence-electron chi connectivity index (χ4n) is 1.89. The summed E-state index contributed by atoms with van der Waals surface area (Å²) in [4.78, 5) is 0. The van der Waals surface area contributed by atoms with Gasteiger partial charge in [0.15, 0.2) is 0 Å². The lowest BCUT2D eigenvalue weighted by Gasteiger charge is -2.12. The molecule has 2 aromatic rings. The van der Waals surface area contributed by atoms with Gasteiger partial charge in [-0.25, -0.2) is 0 Å².